The summed E-state index contributed by atoms with van der Waals surface area (Å²) in [6.07, 6.45) is 3.86. The van der Waals surface area contributed by atoms with Crippen molar-refractivity contribution in [3.8, 4) is 0 Å². The van der Waals surface area contributed by atoms with Crippen LogP contribution in [0.25, 0.3) is 0 Å². The standard InChI is InChI=1S/C15H25N5/c1-11(2)17-10-15-12(3)18-20(13(15)4)9-8-19-7-6-16-14(19)5/h6-7,11,17H,8-10H2,1-5H3. The molecular weight excluding hydrogens is 250 g/mol. The molecule has 0 unspecified atom stereocenters. The van der Waals surface area contributed by atoms with Crippen LogP contribution in [0.15, 0.2) is 12.4 Å². The Kier molecular flexibility index (Phi) is 4.60. The minimum atomic E-state index is 0.491. The summed E-state index contributed by atoms with van der Waals surface area (Å²) in [5, 5.41) is 8.13. The smallest absolute Gasteiger partial charge is 0.105 e. The molecule has 0 bridgehead atoms. The van der Waals surface area contributed by atoms with E-state index in [9.17, 15) is 0 Å². The van der Waals surface area contributed by atoms with Crippen LogP contribution in [-0.4, -0.2) is 25.4 Å². The maximum absolute atomic E-state index is 4.66. The molecule has 0 radical (unpaired) electrons. The normalized spacial score (nSPS) is 11.5. The summed E-state index contributed by atoms with van der Waals surface area (Å²) in [6.45, 7) is 13.3. The molecule has 2 aromatic rings. The predicted octanol–water partition coefficient (Wildman–Crippen LogP) is 2.20. The van der Waals surface area contributed by atoms with Crippen molar-refractivity contribution in [1.82, 2.24) is 24.6 Å². The minimum Gasteiger partial charge on any atom is -0.333 e. The van der Waals surface area contributed by atoms with Gasteiger partial charge in [0.1, 0.15) is 5.82 Å². The molecule has 0 aliphatic rings. The highest BCUT2D eigenvalue weighted by molar-refractivity contribution is 5.24. The van der Waals surface area contributed by atoms with E-state index >= 15 is 0 Å². The lowest BCUT2D eigenvalue weighted by Gasteiger charge is -2.09. The summed E-state index contributed by atoms with van der Waals surface area (Å²) in [5.41, 5.74) is 3.70. The molecule has 2 aromatic heterocycles. The van der Waals surface area contributed by atoms with E-state index in [2.05, 4.69) is 52.3 Å². The van der Waals surface area contributed by atoms with Crippen molar-refractivity contribution in [3.05, 3.63) is 35.2 Å². The number of nitrogens with zero attached hydrogens (tertiary/aromatic N) is 4. The summed E-state index contributed by atoms with van der Waals surface area (Å²) in [7, 11) is 0. The Labute approximate surface area is 121 Å². The molecule has 0 fully saturated rings. The van der Waals surface area contributed by atoms with Crippen molar-refractivity contribution in [2.24, 2.45) is 0 Å². The second-order valence-corrected chi connectivity index (χ2v) is 5.58. The Balaban J connectivity index is 2.05. The van der Waals surface area contributed by atoms with Crippen LogP contribution in [0.4, 0.5) is 0 Å². The molecule has 0 saturated carbocycles. The summed E-state index contributed by atoms with van der Waals surface area (Å²) in [4.78, 5) is 4.25. The number of aromatic nitrogens is 4. The first-order chi connectivity index (χ1) is 9.49. The number of nitrogens with one attached hydrogen (secondary N) is 1. The highest BCUT2D eigenvalue weighted by Gasteiger charge is 2.11. The van der Waals surface area contributed by atoms with E-state index in [0.717, 1.165) is 31.2 Å². The number of hydrogen-bond donors (Lipinski definition) is 1. The number of aryl methyl sites for hydroxylation is 4. The van der Waals surface area contributed by atoms with Gasteiger partial charge in [-0.3, -0.25) is 4.68 Å². The Morgan fingerprint density at radius 1 is 1.20 bits per heavy atom. The molecule has 1 N–H and O–H groups in total. The first-order valence-electron chi connectivity index (χ1n) is 7.23. The van der Waals surface area contributed by atoms with E-state index in [4.69, 9.17) is 0 Å². The van der Waals surface area contributed by atoms with E-state index in [1.54, 1.807) is 0 Å². The maximum Gasteiger partial charge on any atom is 0.105 e. The third kappa shape index (κ3) is 3.28. The number of rotatable bonds is 6. The Morgan fingerprint density at radius 2 is 1.95 bits per heavy atom. The highest BCUT2D eigenvalue weighted by atomic mass is 15.3. The van der Waals surface area contributed by atoms with E-state index < -0.39 is 0 Å². The van der Waals surface area contributed by atoms with Crippen LogP contribution in [0.2, 0.25) is 0 Å². The minimum absolute atomic E-state index is 0.491. The molecule has 2 heterocycles. The SMILES string of the molecule is Cc1nn(CCn2ccnc2C)c(C)c1CNC(C)C. The predicted molar refractivity (Wildman–Crippen MR) is 80.6 cm³/mol. The van der Waals surface area contributed by atoms with Gasteiger partial charge in [-0.1, -0.05) is 13.8 Å². The molecule has 0 aliphatic carbocycles. The third-order valence-corrected chi connectivity index (χ3v) is 3.69. The third-order valence-electron chi connectivity index (χ3n) is 3.69. The van der Waals surface area contributed by atoms with E-state index in [-0.39, 0.29) is 0 Å². The molecule has 0 spiro atoms. The molecule has 5 nitrogen and oxygen atoms in total. The Morgan fingerprint density at radius 3 is 2.55 bits per heavy atom. The second-order valence-electron chi connectivity index (χ2n) is 5.58. The van der Waals surface area contributed by atoms with Gasteiger partial charge < -0.3 is 9.88 Å². The van der Waals surface area contributed by atoms with Crippen LogP contribution >= 0.6 is 0 Å². The number of imidazole rings is 1. The topological polar surface area (TPSA) is 47.7 Å². The number of hydrogen-bond acceptors (Lipinski definition) is 3. The fraction of sp³-hybridized carbons (Fsp3) is 0.600. The van der Waals surface area contributed by atoms with Crippen LogP contribution in [0, 0.1) is 20.8 Å². The van der Waals surface area contributed by atoms with Gasteiger partial charge in [-0.25, -0.2) is 4.98 Å². The first kappa shape index (κ1) is 14.8. The van der Waals surface area contributed by atoms with Gasteiger partial charge in [-0.2, -0.15) is 5.10 Å². The molecule has 0 amide bonds. The maximum atomic E-state index is 4.66. The van der Waals surface area contributed by atoms with Crippen molar-refractivity contribution < 1.29 is 0 Å². The van der Waals surface area contributed by atoms with Gasteiger partial charge in [0.2, 0.25) is 0 Å². The monoisotopic (exact) mass is 275 g/mol. The fourth-order valence-corrected chi connectivity index (χ4v) is 2.36. The van der Waals surface area contributed by atoms with Crippen molar-refractivity contribution in [2.45, 2.75) is 60.3 Å². The summed E-state index contributed by atoms with van der Waals surface area (Å²) in [5.74, 6) is 1.05. The zero-order valence-electron chi connectivity index (χ0n) is 13.1. The van der Waals surface area contributed by atoms with Gasteiger partial charge in [0.15, 0.2) is 0 Å². The lowest BCUT2D eigenvalue weighted by molar-refractivity contribution is 0.513. The molecule has 0 saturated heterocycles. The van der Waals surface area contributed by atoms with Gasteiger partial charge in [0, 0.05) is 42.8 Å². The van der Waals surface area contributed by atoms with E-state index in [1.165, 1.54) is 11.3 Å². The van der Waals surface area contributed by atoms with Gasteiger partial charge in [0.05, 0.1) is 12.2 Å². The average Bonchev–Trinajstić information content (AvgIpc) is 2.90. The molecular formula is C15H25N5. The lowest BCUT2D eigenvalue weighted by Crippen LogP contribution is -2.22. The van der Waals surface area contributed by atoms with Crippen molar-refractivity contribution in [2.75, 3.05) is 0 Å². The van der Waals surface area contributed by atoms with Crippen molar-refractivity contribution in [3.63, 3.8) is 0 Å². The molecule has 0 aromatic carbocycles. The lowest BCUT2D eigenvalue weighted by atomic mass is 10.2. The molecule has 0 atom stereocenters. The molecule has 20 heavy (non-hydrogen) atoms. The molecule has 5 heteroatoms. The molecule has 2 rings (SSSR count). The zero-order valence-corrected chi connectivity index (χ0v) is 13.1. The largest absolute Gasteiger partial charge is 0.333 e. The summed E-state index contributed by atoms with van der Waals surface area (Å²) in [6, 6.07) is 0.491. The van der Waals surface area contributed by atoms with Crippen LogP contribution in [0.5, 0.6) is 0 Å². The summed E-state index contributed by atoms with van der Waals surface area (Å²) < 4.78 is 4.26. The quantitative estimate of drug-likeness (QED) is 0.879. The van der Waals surface area contributed by atoms with E-state index in [1.807, 2.05) is 19.3 Å². The van der Waals surface area contributed by atoms with Crippen LogP contribution in [-0.2, 0) is 19.6 Å². The van der Waals surface area contributed by atoms with Gasteiger partial charge in [0.25, 0.3) is 0 Å². The second kappa shape index (κ2) is 6.22. The van der Waals surface area contributed by atoms with Gasteiger partial charge in [-0.05, 0) is 20.8 Å². The van der Waals surface area contributed by atoms with Crippen LogP contribution < -0.4 is 5.32 Å². The van der Waals surface area contributed by atoms with Gasteiger partial charge in [-0.15, -0.1) is 0 Å². The van der Waals surface area contributed by atoms with Crippen molar-refractivity contribution in [1.29, 1.82) is 0 Å². The van der Waals surface area contributed by atoms with Gasteiger partial charge >= 0.3 is 0 Å². The first-order valence-corrected chi connectivity index (χ1v) is 7.23. The Bertz CT molecular complexity index is 565. The average molecular weight is 275 g/mol. The Hall–Kier alpha value is -1.62. The van der Waals surface area contributed by atoms with E-state index in [0.29, 0.717) is 6.04 Å². The molecule has 110 valence electrons. The van der Waals surface area contributed by atoms with Crippen molar-refractivity contribution >= 4 is 0 Å². The molecule has 0 aliphatic heterocycles. The highest BCUT2D eigenvalue weighted by Crippen LogP contribution is 2.13. The summed E-state index contributed by atoms with van der Waals surface area (Å²) >= 11 is 0. The van der Waals surface area contributed by atoms with Crippen LogP contribution in [0.3, 0.4) is 0 Å². The fourth-order valence-electron chi connectivity index (χ4n) is 2.36. The zero-order chi connectivity index (χ0) is 14.7. The van der Waals surface area contributed by atoms with Crippen LogP contribution in [0.1, 0.15) is 36.6 Å².